The van der Waals surface area contributed by atoms with Crippen molar-refractivity contribution in [3.8, 4) is 0 Å². The molecule has 2 spiro atoms. The van der Waals surface area contributed by atoms with E-state index in [1.807, 2.05) is 103 Å². The number of epoxide rings is 1. The average molecular weight is 1280 g/mol. The zero-order valence-electron chi connectivity index (χ0n) is 57.8. The van der Waals surface area contributed by atoms with Crippen LogP contribution >= 0.6 is 0 Å². The molecule has 18 aliphatic rings. The van der Waals surface area contributed by atoms with Crippen molar-refractivity contribution in [2.45, 2.75) is 172 Å². The van der Waals surface area contributed by atoms with Gasteiger partial charge in [-0.3, -0.25) is 19.6 Å². The topological polar surface area (TPSA) is 144 Å². The second-order valence-electron chi connectivity index (χ2n) is 34.7. The summed E-state index contributed by atoms with van der Waals surface area (Å²) in [7, 11) is 0. The molecule has 94 heavy (non-hydrogen) atoms. The van der Waals surface area contributed by atoms with Crippen molar-refractivity contribution in [1.82, 2.24) is 39.2 Å². The highest BCUT2D eigenvalue weighted by Crippen LogP contribution is 2.94. The van der Waals surface area contributed by atoms with Crippen LogP contribution in [0.1, 0.15) is 133 Å². The maximum absolute atomic E-state index is 14.5. The number of nitrogens with zero attached hydrogens (tertiary/aromatic N) is 8. The van der Waals surface area contributed by atoms with Crippen LogP contribution in [0.4, 0.5) is 19.2 Å². The highest BCUT2D eigenvalue weighted by molar-refractivity contribution is 6.06. The van der Waals surface area contributed by atoms with Crippen molar-refractivity contribution >= 4 is 29.9 Å². The minimum Gasteiger partial charge on any atom is -0.444 e. The van der Waals surface area contributed by atoms with Crippen LogP contribution in [-0.2, 0) is 34.8 Å². The molecule has 5 aliphatic heterocycles. The van der Waals surface area contributed by atoms with E-state index in [9.17, 15) is 19.2 Å². The van der Waals surface area contributed by atoms with E-state index in [2.05, 4.69) is 82.0 Å². The molecule has 5 saturated heterocycles. The van der Waals surface area contributed by atoms with Gasteiger partial charge in [0.2, 0.25) is 0 Å². The van der Waals surface area contributed by atoms with Gasteiger partial charge in [0.05, 0.1) is 22.2 Å². The summed E-state index contributed by atoms with van der Waals surface area (Å²) < 4.78 is 33.8. The Balaban J connectivity index is 0.939. The van der Waals surface area contributed by atoms with Crippen LogP contribution in [0, 0.1) is 35.5 Å². The third kappa shape index (κ3) is 6.59. The Kier molecular flexibility index (Phi) is 11.4. The Hall–Kier alpha value is -6.24. The maximum atomic E-state index is 14.5. The predicted molar refractivity (Wildman–Crippen MR) is 354 cm³/mol. The number of hydrogen-bond acceptors (Lipinski definition) is 13. The molecular formula is C77H94N8O9. The van der Waals surface area contributed by atoms with Crippen molar-refractivity contribution in [3.63, 3.8) is 0 Å². The number of amides is 4. The zero-order valence-corrected chi connectivity index (χ0v) is 57.8. The number of carbonyl (C=O) groups is 4. The smallest absolute Gasteiger partial charge is 0.410 e. The molecule has 5 heterocycles. The Morgan fingerprint density at radius 3 is 1.43 bits per heavy atom. The fourth-order valence-electron chi connectivity index (χ4n) is 23.9. The average Bonchev–Trinajstić information content (AvgIpc) is 1.38. The molecule has 12 atom stereocenters. The monoisotopic (exact) mass is 1270 g/mol. The minimum atomic E-state index is -0.913. The number of piperazine rings is 4. The lowest BCUT2D eigenvalue weighted by Crippen LogP contribution is -2.75. The van der Waals surface area contributed by atoms with Gasteiger partial charge < -0.3 is 43.3 Å². The summed E-state index contributed by atoms with van der Waals surface area (Å²) in [5, 5.41) is 0. The van der Waals surface area contributed by atoms with E-state index in [0.29, 0.717) is 105 Å². The number of rotatable bonds is 4. The van der Waals surface area contributed by atoms with Gasteiger partial charge in [0, 0.05) is 116 Å². The van der Waals surface area contributed by atoms with Gasteiger partial charge in [0.15, 0.2) is 11.2 Å². The highest BCUT2D eigenvalue weighted by atomic mass is 16.6. The first kappa shape index (κ1) is 59.1. The van der Waals surface area contributed by atoms with Gasteiger partial charge in [-0.2, -0.15) is 0 Å². The first-order valence-corrected chi connectivity index (χ1v) is 35.9. The largest absolute Gasteiger partial charge is 0.444 e. The summed E-state index contributed by atoms with van der Waals surface area (Å²) in [5.41, 5.74) is 15.9. The van der Waals surface area contributed by atoms with Crippen molar-refractivity contribution in [2.75, 3.05) is 105 Å². The molecule has 1 aromatic carbocycles. The quantitative estimate of drug-likeness (QED) is 0.160. The summed E-state index contributed by atoms with van der Waals surface area (Å²) in [5.74, 6) is 0.813. The van der Waals surface area contributed by atoms with E-state index >= 15 is 0 Å². The normalized spacial score (nSPS) is 38.8. The van der Waals surface area contributed by atoms with Gasteiger partial charge in [-0.1, -0.05) is 55.5 Å². The fourth-order valence-corrected chi connectivity index (χ4v) is 23.9. The Bertz CT molecular complexity index is 4060. The van der Waals surface area contributed by atoms with Crippen molar-refractivity contribution in [1.29, 1.82) is 0 Å². The van der Waals surface area contributed by atoms with Crippen LogP contribution in [0.25, 0.3) is 5.57 Å². The van der Waals surface area contributed by atoms with Crippen LogP contribution in [0.2, 0.25) is 0 Å². The lowest BCUT2D eigenvalue weighted by atomic mass is 9.43. The van der Waals surface area contributed by atoms with Gasteiger partial charge in [0.1, 0.15) is 22.4 Å². The van der Waals surface area contributed by atoms with E-state index < -0.39 is 55.8 Å². The molecule has 13 aliphatic carbocycles. The molecule has 12 unspecified atom stereocenters. The van der Waals surface area contributed by atoms with Gasteiger partial charge in [-0.15, -0.1) is 0 Å². The standard InChI is InChI=1S/C77H94N8O9/c1-15-44-46-21-23-48-49-24-22-47-45-17-16-18-50-55(45)75(85-39-31-81(32-40-85)67(89)93-71(12,13)14)57(47)59(49)76-58(48)56(46)74(84-37-29-80(30-38-84)66(88)92-70(9,10)11)54(44)51-41-43-20-19-42(2)52-53(43)73(51,83-35-27-79(28-36-83)65(87)91-69(6,7)8)61-60(62(75)77(76,94-76)63(61)74)72(50,52)82-33-25-78(26-34-82)64(86)90-68(3,4)5/h15-22,42-43,48-49,52-53H,23-41H2,1-14H3/b44-15-. The molecule has 0 bridgehead atoms. The third-order valence-corrected chi connectivity index (χ3v) is 25.9. The molecule has 9 fully saturated rings. The summed E-state index contributed by atoms with van der Waals surface area (Å²) in [6, 6.07) is 7.46. The van der Waals surface area contributed by atoms with Gasteiger partial charge >= 0.3 is 24.4 Å². The van der Waals surface area contributed by atoms with Gasteiger partial charge in [-0.25, -0.2) is 19.2 Å². The number of allylic oxidation sites excluding steroid dienone is 5. The number of carbonyl (C=O) groups excluding carboxylic acids is 4. The van der Waals surface area contributed by atoms with E-state index in [1.165, 1.54) is 83.6 Å². The molecule has 496 valence electrons. The van der Waals surface area contributed by atoms with E-state index in [1.54, 1.807) is 5.57 Å². The number of fused-ring (bicyclic) bond motifs is 4. The van der Waals surface area contributed by atoms with Crippen molar-refractivity contribution < 1.29 is 42.9 Å². The lowest BCUT2D eigenvalue weighted by Gasteiger charge is -2.69. The Labute approximate surface area is 553 Å². The van der Waals surface area contributed by atoms with Crippen LogP contribution < -0.4 is 0 Å². The lowest BCUT2D eigenvalue weighted by molar-refractivity contribution is -0.0859. The summed E-state index contributed by atoms with van der Waals surface area (Å²) in [6.07, 6.45) is 14.8. The first-order valence-electron chi connectivity index (χ1n) is 35.9. The SMILES string of the molecule is C/C=C1/C2=CCC3C4=C2C2(N5CCN(C(=O)OC(C)(C)C)CC5)C1=C1CC5C=CC(C)C6C5C1(N1CCN(C(=O)OC(C)(C)C)CC1)C1=C2C25OC42C2=C4C(=CCC23)c2cccc3c2C4(N2CCN(C(=O)OC(C)(C)C)CC2)C5=C1C36N1CCN(C(=O)OC(C)(C)C)CC1. The van der Waals surface area contributed by atoms with Crippen molar-refractivity contribution in [3.05, 3.63) is 132 Å². The molecular weight excluding hydrogens is 1180 g/mol. The summed E-state index contributed by atoms with van der Waals surface area (Å²) >= 11 is 0. The van der Waals surface area contributed by atoms with Crippen LogP contribution in [0.3, 0.4) is 0 Å². The number of ether oxygens (including phenoxy) is 5. The highest BCUT2D eigenvalue weighted by Gasteiger charge is 2.97. The second-order valence-corrected chi connectivity index (χ2v) is 34.7. The van der Waals surface area contributed by atoms with Crippen LogP contribution in [0.5, 0.6) is 0 Å². The number of hydrogen-bond donors (Lipinski definition) is 0. The van der Waals surface area contributed by atoms with Crippen LogP contribution in [-0.4, -0.2) is 213 Å². The molecule has 0 aromatic heterocycles. The summed E-state index contributed by atoms with van der Waals surface area (Å²) in [6.45, 7) is 37.8. The number of benzene rings is 1. The molecule has 4 saturated carbocycles. The molecule has 0 radical (unpaired) electrons. The summed E-state index contributed by atoms with van der Waals surface area (Å²) in [4.78, 5) is 77.3. The first-order chi connectivity index (χ1) is 44.6. The van der Waals surface area contributed by atoms with Gasteiger partial charge in [-0.05, 0) is 223 Å². The third-order valence-electron chi connectivity index (χ3n) is 25.9. The van der Waals surface area contributed by atoms with E-state index in [-0.39, 0.29) is 59.9 Å². The Morgan fingerprint density at radius 2 is 0.936 bits per heavy atom. The predicted octanol–water partition coefficient (Wildman–Crippen LogP) is 10.6. The van der Waals surface area contributed by atoms with E-state index in [0.717, 1.165) is 19.3 Å². The van der Waals surface area contributed by atoms with Crippen LogP contribution in [0.15, 0.2) is 115 Å². The molecule has 4 amide bonds. The molecule has 0 N–H and O–H groups in total. The van der Waals surface area contributed by atoms with Crippen molar-refractivity contribution in [2.24, 2.45) is 35.5 Å². The van der Waals surface area contributed by atoms with Gasteiger partial charge in [0.25, 0.3) is 0 Å². The minimum absolute atomic E-state index is 0.0374. The molecule has 1 aromatic rings. The Morgan fingerprint density at radius 1 is 0.500 bits per heavy atom. The molecule has 19 rings (SSSR count). The second kappa shape index (κ2) is 18.1. The molecule has 17 nitrogen and oxygen atoms in total. The maximum Gasteiger partial charge on any atom is 0.410 e. The zero-order chi connectivity index (χ0) is 65.3. The molecule has 17 heteroatoms. The van der Waals surface area contributed by atoms with E-state index in [4.69, 9.17) is 23.7 Å². The fraction of sp³-hybridized carbons (Fsp3) is 0.636.